The van der Waals surface area contributed by atoms with Crippen LogP contribution in [0.25, 0.3) is 0 Å². The SMILES string of the molecule is COC(=O)c1ccc(Cl)c2c1[C@H]1C=CC[C@H]1[C@H](c1ccc(C(=O)O)cc1)N2. The van der Waals surface area contributed by atoms with Gasteiger partial charge < -0.3 is 15.2 Å². The molecule has 0 radical (unpaired) electrons. The summed E-state index contributed by atoms with van der Waals surface area (Å²) in [5.41, 5.74) is 3.36. The van der Waals surface area contributed by atoms with Crippen molar-refractivity contribution in [2.45, 2.75) is 18.4 Å². The van der Waals surface area contributed by atoms with Crippen molar-refractivity contribution in [1.82, 2.24) is 0 Å². The highest BCUT2D eigenvalue weighted by Gasteiger charge is 2.41. The van der Waals surface area contributed by atoms with Crippen LogP contribution in [0.1, 0.15) is 50.2 Å². The van der Waals surface area contributed by atoms with Crippen LogP contribution in [0.15, 0.2) is 48.6 Å². The Morgan fingerprint density at radius 3 is 2.59 bits per heavy atom. The number of halogens is 1. The number of carboxylic acids is 1. The number of carboxylic acid groups (broad SMARTS) is 1. The van der Waals surface area contributed by atoms with Crippen LogP contribution in [0.5, 0.6) is 0 Å². The molecule has 0 saturated heterocycles. The lowest BCUT2D eigenvalue weighted by Crippen LogP contribution is -2.30. The third-order valence-electron chi connectivity index (χ3n) is 5.39. The zero-order chi connectivity index (χ0) is 19.1. The fourth-order valence-electron chi connectivity index (χ4n) is 4.13. The molecule has 0 spiro atoms. The van der Waals surface area contributed by atoms with Crippen LogP contribution in [0.3, 0.4) is 0 Å². The average Bonchev–Trinajstić information content (AvgIpc) is 3.17. The van der Waals surface area contributed by atoms with Gasteiger partial charge in [-0.25, -0.2) is 9.59 Å². The van der Waals surface area contributed by atoms with Crippen LogP contribution < -0.4 is 5.32 Å². The fraction of sp³-hybridized carbons (Fsp3) is 0.238. The summed E-state index contributed by atoms with van der Waals surface area (Å²) >= 11 is 6.46. The van der Waals surface area contributed by atoms with E-state index >= 15 is 0 Å². The van der Waals surface area contributed by atoms with Gasteiger partial charge in [0.2, 0.25) is 0 Å². The van der Waals surface area contributed by atoms with Crippen molar-refractivity contribution in [1.29, 1.82) is 0 Å². The van der Waals surface area contributed by atoms with Crippen molar-refractivity contribution in [2.75, 3.05) is 12.4 Å². The number of fused-ring (bicyclic) bond motifs is 3. The molecule has 0 unspecified atom stereocenters. The number of hydrogen-bond donors (Lipinski definition) is 2. The molecule has 0 amide bonds. The molecule has 0 fully saturated rings. The molecule has 0 aromatic heterocycles. The van der Waals surface area contributed by atoms with Gasteiger partial charge in [0.1, 0.15) is 0 Å². The van der Waals surface area contributed by atoms with Gasteiger partial charge in [0.05, 0.1) is 35.0 Å². The summed E-state index contributed by atoms with van der Waals surface area (Å²) in [6.45, 7) is 0. The van der Waals surface area contributed by atoms with Gasteiger partial charge in [-0.2, -0.15) is 0 Å². The molecule has 2 aliphatic rings. The molecule has 0 saturated carbocycles. The van der Waals surface area contributed by atoms with Gasteiger partial charge in [-0.05, 0) is 47.7 Å². The quantitative estimate of drug-likeness (QED) is 0.596. The largest absolute Gasteiger partial charge is 0.478 e. The molecule has 27 heavy (non-hydrogen) atoms. The number of hydrogen-bond acceptors (Lipinski definition) is 4. The van der Waals surface area contributed by atoms with Gasteiger partial charge in [-0.3, -0.25) is 0 Å². The number of aromatic carboxylic acids is 1. The topological polar surface area (TPSA) is 75.6 Å². The number of carbonyl (C=O) groups excluding carboxylic acids is 1. The predicted octanol–water partition coefficient (Wildman–Crippen LogP) is 4.65. The van der Waals surface area contributed by atoms with Crippen LogP contribution >= 0.6 is 11.6 Å². The summed E-state index contributed by atoms with van der Waals surface area (Å²) in [7, 11) is 1.37. The summed E-state index contributed by atoms with van der Waals surface area (Å²) in [4.78, 5) is 23.4. The Morgan fingerprint density at radius 1 is 1.19 bits per heavy atom. The second-order valence-corrected chi connectivity index (χ2v) is 7.19. The van der Waals surface area contributed by atoms with E-state index in [2.05, 4.69) is 17.5 Å². The van der Waals surface area contributed by atoms with Crippen LogP contribution in [0, 0.1) is 5.92 Å². The number of nitrogens with one attached hydrogen (secondary N) is 1. The van der Waals surface area contributed by atoms with Crippen molar-refractivity contribution in [3.8, 4) is 0 Å². The van der Waals surface area contributed by atoms with E-state index in [9.17, 15) is 9.59 Å². The Balaban J connectivity index is 1.80. The summed E-state index contributed by atoms with van der Waals surface area (Å²) < 4.78 is 4.95. The Bertz CT molecular complexity index is 951. The van der Waals surface area contributed by atoms with E-state index in [0.29, 0.717) is 10.6 Å². The van der Waals surface area contributed by atoms with E-state index in [1.54, 1.807) is 24.3 Å². The lowest BCUT2D eigenvalue weighted by molar-refractivity contribution is 0.0597. The zero-order valence-corrected chi connectivity index (χ0v) is 15.4. The van der Waals surface area contributed by atoms with Crippen molar-refractivity contribution in [2.24, 2.45) is 5.92 Å². The Kier molecular flexibility index (Phi) is 4.40. The first kappa shape index (κ1) is 17.6. The molecule has 138 valence electrons. The first-order valence-corrected chi connectivity index (χ1v) is 9.06. The van der Waals surface area contributed by atoms with Crippen LogP contribution in [0.4, 0.5) is 5.69 Å². The van der Waals surface area contributed by atoms with Gasteiger partial charge in [-0.1, -0.05) is 35.9 Å². The molecule has 6 heteroatoms. The minimum absolute atomic E-state index is 0.0364. The zero-order valence-electron chi connectivity index (χ0n) is 14.6. The molecular formula is C21H18ClNO4. The second-order valence-electron chi connectivity index (χ2n) is 6.78. The normalized spacial score (nSPS) is 22.5. The van der Waals surface area contributed by atoms with E-state index in [-0.39, 0.29) is 29.4 Å². The van der Waals surface area contributed by atoms with Gasteiger partial charge in [0.25, 0.3) is 0 Å². The lowest BCUT2D eigenvalue weighted by Gasteiger charge is -2.38. The van der Waals surface area contributed by atoms with E-state index in [1.807, 2.05) is 12.1 Å². The van der Waals surface area contributed by atoms with Gasteiger partial charge >= 0.3 is 11.9 Å². The molecule has 5 nitrogen and oxygen atoms in total. The number of ether oxygens (including phenoxy) is 1. The molecule has 2 aromatic carbocycles. The molecule has 1 aliphatic carbocycles. The number of anilines is 1. The molecule has 0 bridgehead atoms. The molecule has 1 aliphatic heterocycles. The summed E-state index contributed by atoms with van der Waals surface area (Å²) in [6, 6.07) is 10.3. The third-order valence-corrected chi connectivity index (χ3v) is 5.71. The molecular weight excluding hydrogens is 366 g/mol. The molecule has 2 aromatic rings. The maximum absolute atomic E-state index is 12.3. The standard InChI is InChI=1S/C21H18ClNO4/c1-27-21(26)15-9-10-16(22)19-17(15)13-3-2-4-14(13)18(23-19)11-5-7-12(8-6-11)20(24)25/h2-3,5-10,13-14,18,23H,4H2,1H3,(H,24,25)/t13-,14+,18-/m0/s1. The smallest absolute Gasteiger partial charge is 0.338 e. The maximum Gasteiger partial charge on any atom is 0.338 e. The van der Waals surface area contributed by atoms with E-state index in [1.165, 1.54) is 7.11 Å². The van der Waals surface area contributed by atoms with Gasteiger partial charge in [0.15, 0.2) is 0 Å². The van der Waals surface area contributed by atoms with Gasteiger partial charge in [0, 0.05) is 5.92 Å². The summed E-state index contributed by atoms with van der Waals surface area (Å²) in [5, 5.41) is 13.2. The van der Waals surface area contributed by atoms with Crippen LogP contribution in [-0.2, 0) is 4.74 Å². The van der Waals surface area contributed by atoms with Crippen LogP contribution in [0.2, 0.25) is 5.02 Å². The molecule has 1 heterocycles. The Labute approximate surface area is 161 Å². The monoisotopic (exact) mass is 383 g/mol. The lowest BCUT2D eigenvalue weighted by atomic mass is 9.75. The van der Waals surface area contributed by atoms with Crippen molar-refractivity contribution >= 4 is 29.2 Å². The second kappa shape index (κ2) is 6.74. The first-order chi connectivity index (χ1) is 13.0. The summed E-state index contributed by atoms with van der Waals surface area (Å²) in [5.74, 6) is -1.09. The average molecular weight is 384 g/mol. The molecule has 2 N–H and O–H groups in total. The van der Waals surface area contributed by atoms with Crippen molar-refractivity contribution in [3.05, 3.63) is 75.8 Å². The van der Waals surface area contributed by atoms with Gasteiger partial charge in [-0.15, -0.1) is 0 Å². The summed E-state index contributed by atoms with van der Waals surface area (Å²) in [6.07, 6.45) is 5.09. The number of rotatable bonds is 3. The maximum atomic E-state index is 12.3. The molecule has 4 rings (SSSR count). The minimum Gasteiger partial charge on any atom is -0.478 e. The van der Waals surface area contributed by atoms with E-state index < -0.39 is 5.97 Å². The number of esters is 1. The fourth-order valence-corrected chi connectivity index (χ4v) is 4.34. The number of carbonyl (C=O) groups is 2. The first-order valence-electron chi connectivity index (χ1n) is 8.68. The van der Waals surface area contributed by atoms with Crippen molar-refractivity contribution in [3.63, 3.8) is 0 Å². The highest BCUT2D eigenvalue weighted by atomic mass is 35.5. The highest BCUT2D eigenvalue weighted by Crippen LogP contribution is 2.52. The highest BCUT2D eigenvalue weighted by molar-refractivity contribution is 6.33. The Hall–Kier alpha value is -2.79. The van der Waals surface area contributed by atoms with E-state index in [4.69, 9.17) is 21.4 Å². The Morgan fingerprint density at radius 2 is 1.93 bits per heavy atom. The van der Waals surface area contributed by atoms with Crippen LogP contribution in [-0.4, -0.2) is 24.2 Å². The number of methoxy groups -OCH3 is 1. The van der Waals surface area contributed by atoms with E-state index in [0.717, 1.165) is 23.2 Å². The third kappa shape index (κ3) is 2.88. The predicted molar refractivity (Wildman–Crippen MR) is 103 cm³/mol. The number of allylic oxidation sites excluding steroid dienone is 2. The number of benzene rings is 2. The molecule has 3 atom stereocenters. The minimum atomic E-state index is -0.949. The van der Waals surface area contributed by atoms with Crippen molar-refractivity contribution < 1.29 is 19.4 Å².